The number of nitrogens with zero attached hydrogens (tertiary/aromatic N) is 2. The lowest BCUT2D eigenvalue weighted by Crippen LogP contribution is -2.43. The maximum Gasteiger partial charge on any atom is 0.291 e. The molecule has 1 amide bonds. The number of aromatic nitrogens is 3. The van der Waals surface area contributed by atoms with Crippen LogP contribution >= 0.6 is 0 Å². The lowest BCUT2D eigenvalue weighted by molar-refractivity contribution is -0.120. The van der Waals surface area contributed by atoms with Crippen molar-refractivity contribution in [3.8, 4) is 0 Å². The van der Waals surface area contributed by atoms with Crippen LogP contribution in [0.15, 0.2) is 42.5 Å². The predicted molar refractivity (Wildman–Crippen MR) is 103 cm³/mol. The van der Waals surface area contributed by atoms with Gasteiger partial charge >= 0.3 is 0 Å². The Bertz CT molecular complexity index is 1150. The van der Waals surface area contributed by atoms with E-state index in [1.54, 1.807) is 0 Å². The van der Waals surface area contributed by atoms with Gasteiger partial charge in [-0.25, -0.2) is 13.8 Å². The average molecular weight is 408 g/mol. The van der Waals surface area contributed by atoms with Gasteiger partial charge in [0.05, 0.1) is 6.04 Å². The third-order valence-corrected chi connectivity index (χ3v) is 5.80. The number of rotatable bonds is 4. The Labute approximate surface area is 170 Å². The number of halogens is 2. The number of benzene rings is 2. The summed E-state index contributed by atoms with van der Waals surface area (Å²) in [7, 11) is 0. The lowest BCUT2D eigenvalue weighted by atomic mass is 9.99. The molecule has 3 atom stereocenters. The van der Waals surface area contributed by atoms with Crippen molar-refractivity contribution in [2.45, 2.75) is 31.2 Å². The normalized spacial score (nSPS) is 22.1. The van der Waals surface area contributed by atoms with Gasteiger partial charge in [0.15, 0.2) is 5.78 Å². The van der Waals surface area contributed by atoms with Crippen molar-refractivity contribution in [2.24, 2.45) is 5.92 Å². The minimum atomic E-state index is -0.770. The van der Waals surface area contributed by atoms with E-state index >= 15 is 0 Å². The molecule has 1 fully saturated rings. The fourth-order valence-corrected chi connectivity index (χ4v) is 4.26. The van der Waals surface area contributed by atoms with E-state index in [1.807, 2.05) is 30.3 Å². The van der Waals surface area contributed by atoms with Crippen LogP contribution < -0.4 is 5.32 Å². The second-order valence-corrected chi connectivity index (χ2v) is 7.82. The van der Waals surface area contributed by atoms with Crippen LogP contribution in [0.4, 0.5) is 8.78 Å². The first-order valence-electron chi connectivity index (χ1n) is 9.76. The molecule has 2 N–H and O–H groups in total. The van der Waals surface area contributed by atoms with Crippen molar-refractivity contribution in [3.05, 3.63) is 82.4 Å². The van der Waals surface area contributed by atoms with Gasteiger partial charge in [-0.05, 0) is 41.0 Å². The fourth-order valence-electron chi connectivity index (χ4n) is 4.26. The highest BCUT2D eigenvalue weighted by Gasteiger charge is 2.51. The van der Waals surface area contributed by atoms with Crippen LogP contribution in [0.25, 0.3) is 0 Å². The summed E-state index contributed by atoms with van der Waals surface area (Å²) in [4.78, 5) is 29.6. The molecule has 2 aromatic carbocycles. The zero-order valence-electron chi connectivity index (χ0n) is 15.9. The maximum absolute atomic E-state index is 14.2. The van der Waals surface area contributed by atoms with Gasteiger partial charge < -0.3 is 5.32 Å². The quantitative estimate of drug-likeness (QED) is 0.695. The summed E-state index contributed by atoms with van der Waals surface area (Å²) in [6, 6.07) is 10.9. The molecule has 0 radical (unpaired) electrons. The minimum Gasteiger partial charge on any atom is -0.339 e. The minimum absolute atomic E-state index is 0.0510. The molecule has 1 saturated carbocycles. The Hall–Kier alpha value is -3.42. The third kappa shape index (κ3) is 3.38. The monoisotopic (exact) mass is 408 g/mol. The van der Waals surface area contributed by atoms with Gasteiger partial charge in [-0.15, -0.1) is 5.10 Å². The van der Waals surface area contributed by atoms with E-state index in [0.29, 0.717) is 24.2 Å². The lowest BCUT2D eigenvalue weighted by Gasteiger charge is -2.15. The van der Waals surface area contributed by atoms with E-state index in [1.165, 1.54) is 6.07 Å². The van der Waals surface area contributed by atoms with E-state index in [0.717, 1.165) is 11.6 Å². The molecular formula is C22H18F2N4O2. The Balaban J connectivity index is 1.32. The van der Waals surface area contributed by atoms with E-state index in [2.05, 4.69) is 20.5 Å². The highest BCUT2D eigenvalue weighted by Crippen LogP contribution is 2.53. The molecule has 0 saturated heterocycles. The van der Waals surface area contributed by atoms with Gasteiger partial charge in [-0.1, -0.05) is 30.3 Å². The van der Waals surface area contributed by atoms with Crippen molar-refractivity contribution in [3.63, 3.8) is 0 Å². The molecule has 2 aliphatic rings. The first-order chi connectivity index (χ1) is 14.5. The summed E-state index contributed by atoms with van der Waals surface area (Å²) < 4.78 is 27.9. The highest BCUT2D eigenvalue weighted by molar-refractivity contribution is 5.97. The molecule has 6 nitrogen and oxygen atoms in total. The number of ketones is 1. The van der Waals surface area contributed by atoms with E-state index in [4.69, 9.17) is 0 Å². The molecule has 5 rings (SSSR count). The molecule has 30 heavy (non-hydrogen) atoms. The Kier molecular flexibility index (Phi) is 4.42. The number of Topliss-reactive ketones (excluding diaryl/α,β-unsaturated/α-hetero) is 1. The van der Waals surface area contributed by atoms with Crippen molar-refractivity contribution in [2.75, 3.05) is 0 Å². The molecule has 3 aromatic rings. The van der Waals surface area contributed by atoms with Crippen LogP contribution in [0.1, 0.15) is 45.5 Å². The topological polar surface area (TPSA) is 87.7 Å². The molecule has 1 aromatic heterocycles. The molecule has 0 bridgehead atoms. The Morgan fingerprint density at radius 1 is 1.20 bits per heavy atom. The second kappa shape index (κ2) is 7.12. The maximum atomic E-state index is 14.2. The number of H-pyrrole nitrogens is 1. The van der Waals surface area contributed by atoms with E-state index in [9.17, 15) is 18.4 Å². The summed E-state index contributed by atoms with van der Waals surface area (Å²) in [5, 5.41) is 9.42. The number of hydrogen-bond donors (Lipinski definition) is 2. The average Bonchev–Trinajstić information content (AvgIpc) is 3.39. The summed E-state index contributed by atoms with van der Waals surface area (Å²) in [5.41, 5.74) is 1.78. The number of fused-ring (bicyclic) bond motifs is 3. The first kappa shape index (κ1) is 18.6. The van der Waals surface area contributed by atoms with Crippen LogP contribution in [0.3, 0.4) is 0 Å². The molecule has 1 heterocycles. The molecular weight excluding hydrogens is 390 g/mol. The number of carbonyl (C=O) groups is 2. The van der Waals surface area contributed by atoms with Crippen LogP contribution in [0.2, 0.25) is 0 Å². The molecule has 8 heteroatoms. The number of carbonyl (C=O) groups excluding carboxylic acids is 2. The number of hydrogen-bond acceptors (Lipinski definition) is 4. The van der Waals surface area contributed by atoms with Crippen LogP contribution in [-0.4, -0.2) is 32.9 Å². The highest BCUT2D eigenvalue weighted by atomic mass is 19.1. The molecule has 0 spiro atoms. The van der Waals surface area contributed by atoms with Gasteiger partial charge in [0.2, 0.25) is 5.82 Å². The van der Waals surface area contributed by atoms with Crippen LogP contribution in [-0.2, 0) is 17.6 Å². The third-order valence-electron chi connectivity index (χ3n) is 5.80. The van der Waals surface area contributed by atoms with Crippen LogP contribution in [0.5, 0.6) is 0 Å². The van der Waals surface area contributed by atoms with Crippen molar-refractivity contribution >= 4 is 11.7 Å². The molecule has 152 valence electrons. The number of amides is 1. The molecule has 2 aliphatic carbocycles. The van der Waals surface area contributed by atoms with Crippen molar-refractivity contribution < 1.29 is 18.4 Å². The van der Waals surface area contributed by atoms with Crippen molar-refractivity contribution in [1.29, 1.82) is 0 Å². The van der Waals surface area contributed by atoms with Gasteiger partial charge in [-0.2, -0.15) is 0 Å². The first-order valence-corrected chi connectivity index (χ1v) is 9.76. The zero-order chi connectivity index (χ0) is 20.8. The van der Waals surface area contributed by atoms with Crippen molar-refractivity contribution in [1.82, 2.24) is 20.5 Å². The SMILES string of the molecule is O=C(N[C@@H]1C(=O)Cc2c(F)cc(F)cc2[C@H]2C[C@@H]12)c1n[nH]c(Cc2ccccc2)n1. The molecule has 0 aliphatic heterocycles. The zero-order valence-corrected chi connectivity index (χ0v) is 15.9. The van der Waals surface area contributed by atoms with Gasteiger partial charge in [0.1, 0.15) is 17.5 Å². The predicted octanol–water partition coefficient (Wildman–Crippen LogP) is 2.70. The second-order valence-electron chi connectivity index (χ2n) is 7.82. The Morgan fingerprint density at radius 3 is 2.80 bits per heavy atom. The van der Waals surface area contributed by atoms with E-state index < -0.39 is 23.6 Å². The molecule has 0 unspecified atom stereocenters. The smallest absolute Gasteiger partial charge is 0.291 e. The summed E-state index contributed by atoms with van der Waals surface area (Å²) in [6.07, 6.45) is 0.917. The van der Waals surface area contributed by atoms with Gasteiger partial charge in [0.25, 0.3) is 5.91 Å². The van der Waals surface area contributed by atoms with Gasteiger partial charge in [0, 0.05) is 18.9 Å². The number of nitrogens with one attached hydrogen (secondary N) is 2. The Morgan fingerprint density at radius 2 is 2.00 bits per heavy atom. The summed E-state index contributed by atoms with van der Waals surface area (Å²) in [6.45, 7) is 0. The van der Waals surface area contributed by atoms with Gasteiger partial charge in [-0.3, -0.25) is 14.7 Å². The summed E-state index contributed by atoms with van der Waals surface area (Å²) in [5.74, 6) is -2.05. The van der Waals surface area contributed by atoms with Crippen LogP contribution in [0, 0.1) is 17.6 Å². The summed E-state index contributed by atoms with van der Waals surface area (Å²) >= 11 is 0. The fraction of sp³-hybridized carbons (Fsp3) is 0.273. The number of aromatic amines is 1. The van der Waals surface area contributed by atoms with E-state index in [-0.39, 0.29) is 35.4 Å². The standard InChI is InChI=1S/C22H18F2N4O2/c23-12-7-13-14-9-16(14)20(18(29)10-15(13)17(24)8-12)26-22(30)21-25-19(27-28-21)6-11-4-2-1-3-5-11/h1-5,7-8,14,16,20H,6,9-10H2,(H,26,30)(H,25,27,28)/t14-,16-,20+/m1/s1. The largest absolute Gasteiger partial charge is 0.339 e.